The Morgan fingerprint density at radius 2 is 1.70 bits per heavy atom. The monoisotopic (exact) mass is 557 g/mol. The second kappa shape index (κ2) is 14.6. The summed E-state index contributed by atoms with van der Waals surface area (Å²) in [5.41, 5.74) is 5.02. The van der Waals surface area contributed by atoms with E-state index in [0.29, 0.717) is 24.7 Å². The van der Waals surface area contributed by atoms with Crippen LogP contribution in [0.3, 0.4) is 0 Å². The van der Waals surface area contributed by atoms with Gasteiger partial charge in [-0.15, -0.1) is 11.8 Å². The number of carbonyl (C=O) groups is 1. The molecule has 4 rings (SSSR count). The van der Waals surface area contributed by atoms with E-state index in [9.17, 15) is 9.90 Å². The maximum atomic E-state index is 10.8. The predicted octanol–water partition coefficient (Wildman–Crippen LogP) is 5.50. The summed E-state index contributed by atoms with van der Waals surface area (Å²) in [6, 6.07) is 22.1. The van der Waals surface area contributed by atoms with Crippen LogP contribution in [0.5, 0.6) is 11.5 Å². The molecule has 0 amide bonds. The summed E-state index contributed by atoms with van der Waals surface area (Å²) in [6.45, 7) is 4.34. The molecule has 7 heteroatoms. The molecule has 0 bridgehead atoms. The van der Waals surface area contributed by atoms with E-state index in [2.05, 4.69) is 65.5 Å². The molecule has 3 aromatic rings. The third-order valence-corrected chi connectivity index (χ3v) is 7.47. The lowest BCUT2D eigenvalue weighted by Crippen LogP contribution is -2.35. The molecular formula is C33H35NO5S. The molecule has 40 heavy (non-hydrogen) atoms. The lowest BCUT2D eigenvalue weighted by Gasteiger charge is -2.27. The summed E-state index contributed by atoms with van der Waals surface area (Å²) in [6.07, 6.45) is 5.60. The Balaban J connectivity index is 1.46. The molecule has 2 N–H and O–H groups in total. The van der Waals surface area contributed by atoms with Gasteiger partial charge in [-0.3, -0.25) is 4.90 Å². The van der Waals surface area contributed by atoms with Crippen molar-refractivity contribution in [3.8, 4) is 23.3 Å². The van der Waals surface area contributed by atoms with Crippen molar-refractivity contribution in [2.75, 3.05) is 39.1 Å². The summed E-state index contributed by atoms with van der Waals surface area (Å²) >= 11 is 1.71. The van der Waals surface area contributed by atoms with Crippen molar-refractivity contribution in [1.82, 2.24) is 4.90 Å². The minimum Gasteiger partial charge on any atom is -0.489 e. The van der Waals surface area contributed by atoms with Gasteiger partial charge in [0.1, 0.15) is 18.1 Å². The standard InChI is InChI=1S/C33H35NO5S/c1-24-22-29(11-14-32(24)39-23-33(36)37)38-21-17-31(27-9-12-30(40-2)13-10-27)26-7-5-25(6-8-26)4-3-18-34-19-15-28(35)16-20-34/h5-14,17,22,28,35H,15-16,18-21,23H2,1-2H3,(H,36,37)/b31-17+. The quantitative estimate of drug-likeness (QED) is 0.252. The number of likely N-dealkylation sites (tertiary alicyclic amines) is 1. The third kappa shape index (κ3) is 8.65. The van der Waals surface area contributed by atoms with Gasteiger partial charge < -0.3 is 19.7 Å². The van der Waals surface area contributed by atoms with Crippen LogP contribution in [0.4, 0.5) is 0 Å². The molecule has 0 radical (unpaired) electrons. The van der Waals surface area contributed by atoms with Crippen LogP contribution in [0.25, 0.3) is 5.57 Å². The largest absolute Gasteiger partial charge is 0.489 e. The fraction of sp³-hybridized carbons (Fsp3) is 0.303. The zero-order valence-corrected chi connectivity index (χ0v) is 23.7. The van der Waals surface area contributed by atoms with E-state index < -0.39 is 5.97 Å². The highest BCUT2D eigenvalue weighted by Gasteiger charge is 2.15. The van der Waals surface area contributed by atoms with Crippen molar-refractivity contribution in [2.24, 2.45) is 0 Å². The highest BCUT2D eigenvalue weighted by molar-refractivity contribution is 7.98. The minimum atomic E-state index is -1.01. The molecule has 1 fully saturated rings. The van der Waals surface area contributed by atoms with Gasteiger partial charge in [-0.1, -0.05) is 36.1 Å². The van der Waals surface area contributed by atoms with Crippen molar-refractivity contribution in [3.05, 3.63) is 95.1 Å². The van der Waals surface area contributed by atoms with E-state index in [1.54, 1.807) is 23.9 Å². The number of carboxylic acid groups (broad SMARTS) is 1. The first-order valence-corrected chi connectivity index (χ1v) is 14.6. The van der Waals surface area contributed by atoms with Crippen molar-refractivity contribution in [2.45, 2.75) is 30.8 Å². The van der Waals surface area contributed by atoms with Gasteiger partial charge in [0, 0.05) is 23.5 Å². The normalized spacial score (nSPS) is 14.3. The maximum absolute atomic E-state index is 10.8. The SMILES string of the molecule is CSc1ccc(/C(=C/COc2ccc(OCC(=O)O)c(C)c2)c2ccc(C#CCN3CCC(O)CC3)cc2)cc1. The number of carboxylic acids is 1. The molecule has 0 aliphatic carbocycles. The molecule has 208 valence electrons. The number of hydrogen-bond donors (Lipinski definition) is 2. The average molecular weight is 558 g/mol. The van der Waals surface area contributed by atoms with Gasteiger partial charge in [0.15, 0.2) is 6.61 Å². The van der Waals surface area contributed by atoms with Crippen LogP contribution in [0.1, 0.15) is 35.1 Å². The number of benzene rings is 3. The van der Waals surface area contributed by atoms with Gasteiger partial charge in [-0.25, -0.2) is 4.79 Å². The number of piperidine rings is 1. The van der Waals surface area contributed by atoms with Crippen molar-refractivity contribution >= 4 is 23.3 Å². The molecule has 1 aliphatic rings. The number of aliphatic carboxylic acids is 1. The van der Waals surface area contributed by atoms with Crippen LogP contribution in [-0.4, -0.2) is 66.3 Å². The number of nitrogens with zero attached hydrogens (tertiary/aromatic N) is 1. The summed E-state index contributed by atoms with van der Waals surface area (Å²) in [5, 5.41) is 18.5. The number of hydrogen-bond acceptors (Lipinski definition) is 6. The zero-order valence-electron chi connectivity index (χ0n) is 22.9. The minimum absolute atomic E-state index is 0.170. The van der Waals surface area contributed by atoms with Crippen LogP contribution in [-0.2, 0) is 4.79 Å². The van der Waals surface area contributed by atoms with Gasteiger partial charge in [0.05, 0.1) is 12.6 Å². The summed E-state index contributed by atoms with van der Waals surface area (Å²) < 4.78 is 11.3. The number of aliphatic hydroxyl groups excluding tert-OH is 1. The van der Waals surface area contributed by atoms with Crippen LogP contribution in [0.2, 0.25) is 0 Å². The fourth-order valence-electron chi connectivity index (χ4n) is 4.47. The maximum Gasteiger partial charge on any atom is 0.341 e. The van der Waals surface area contributed by atoms with Gasteiger partial charge in [-0.2, -0.15) is 0 Å². The van der Waals surface area contributed by atoms with E-state index in [-0.39, 0.29) is 12.7 Å². The topological polar surface area (TPSA) is 79.2 Å². The van der Waals surface area contributed by atoms with Gasteiger partial charge >= 0.3 is 5.97 Å². The van der Waals surface area contributed by atoms with Crippen molar-refractivity contribution in [1.29, 1.82) is 0 Å². The first-order valence-electron chi connectivity index (χ1n) is 13.3. The average Bonchev–Trinajstić information content (AvgIpc) is 2.96. The Labute approximate surface area is 240 Å². The van der Waals surface area contributed by atoms with Crippen LogP contribution in [0.15, 0.2) is 77.7 Å². The molecular weight excluding hydrogens is 522 g/mol. The van der Waals surface area contributed by atoms with Gasteiger partial charge in [-0.05, 0) is 96.8 Å². The van der Waals surface area contributed by atoms with Crippen molar-refractivity contribution in [3.63, 3.8) is 0 Å². The van der Waals surface area contributed by atoms with E-state index in [0.717, 1.165) is 53.8 Å². The molecule has 1 heterocycles. The second-order valence-corrected chi connectivity index (χ2v) is 10.5. The molecule has 1 saturated heterocycles. The number of ether oxygens (including phenoxy) is 2. The molecule has 0 saturated carbocycles. The van der Waals surface area contributed by atoms with Gasteiger partial charge in [0.2, 0.25) is 0 Å². The van der Waals surface area contributed by atoms with E-state index in [1.165, 1.54) is 4.90 Å². The Bertz CT molecular complexity index is 1360. The smallest absolute Gasteiger partial charge is 0.341 e. The summed E-state index contributed by atoms with van der Waals surface area (Å²) in [5.74, 6) is 6.74. The molecule has 3 aromatic carbocycles. The second-order valence-electron chi connectivity index (χ2n) is 9.65. The highest BCUT2D eigenvalue weighted by atomic mass is 32.2. The molecule has 1 aliphatic heterocycles. The number of thioether (sulfide) groups is 1. The Morgan fingerprint density at radius 1 is 1.02 bits per heavy atom. The van der Waals surface area contributed by atoms with Gasteiger partial charge in [0.25, 0.3) is 0 Å². The highest BCUT2D eigenvalue weighted by Crippen LogP contribution is 2.27. The Morgan fingerprint density at radius 3 is 2.33 bits per heavy atom. The summed E-state index contributed by atoms with van der Waals surface area (Å²) in [7, 11) is 0. The van der Waals surface area contributed by atoms with E-state index in [1.807, 2.05) is 25.1 Å². The molecule has 0 atom stereocenters. The molecule has 0 aromatic heterocycles. The lowest BCUT2D eigenvalue weighted by molar-refractivity contribution is -0.139. The Kier molecular flexibility index (Phi) is 10.7. The van der Waals surface area contributed by atoms with Crippen molar-refractivity contribution < 1.29 is 24.5 Å². The molecule has 0 spiro atoms. The number of rotatable bonds is 10. The number of aliphatic hydroxyl groups is 1. The van der Waals surface area contributed by atoms with E-state index >= 15 is 0 Å². The molecule has 0 unspecified atom stereocenters. The lowest BCUT2D eigenvalue weighted by atomic mass is 9.97. The summed E-state index contributed by atoms with van der Waals surface area (Å²) in [4.78, 5) is 14.3. The predicted molar refractivity (Wildman–Crippen MR) is 160 cm³/mol. The molecule has 6 nitrogen and oxygen atoms in total. The van der Waals surface area contributed by atoms with Crippen LogP contribution >= 0.6 is 11.8 Å². The third-order valence-electron chi connectivity index (χ3n) is 6.72. The fourth-order valence-corrected chi connectivity index (χ4v) is 4.88. The van der Waals surface area contributed by atoms with Crippen LogP contribution < -0.4 is 9.47 Å². The number of aryl methyl sites for hydroxylation is 1. The van der Waals surface area contributed by atoms with Crippen LogP contribution in [0, 0.1) is 18.8 Å². The first kappa shape index (κ1) is 29.3. The first-order chi connectivity index (χ1) is 19.4. The zero-order chi connectivity index (χ0) is 28.3. The van der Waals surface area contributed by atoms with E-state index in [4.69, 9.17) is 14.6 Å². The Hall–Kier alpha value is -3.70.